The molecular weight excluding hydrogens is 324 g/mol. The average molecular weight is 339 g/mol. The lowest BCUT2D eigenvalue weighted by atomic mass is 10.1. The molecule has 0 spiro atoms. The van der Waals surface area contributed by atoms with Gasteiger partial charge in [0, 0.05) is 23.0 Å². The van der Waals surface area contributed by atoms with Crippen molar-refractivity contribution in [2.75, 3.05) is 13.2 Å². The molecule has 1 aromatic carbocycles. The minimum Gasteiger partial charge on any atom is -0.493 e. The summed E-state index contributed by atoms with van der Waals surface area (Å²) in [7, 11) is 0. The Balaban J connectivity index is 1.85. The van der Waals surface area contributed by atoms with Crippen molar-refractivity contribution in [2.24, 2.45) is 5.92 Å². The van der Waals surface area contributed by atoms with Gasteiger partial charge in [0.15, 0.2) is 0 Å². The third-order valence-electron chi connectivity index (χ3n) is 3.65. The molecule has 2 aliphatic heterocycles. The van der Waals surface area contributed by atoms with Gasteiger partial charge in [-0.3, -0.25) is 10.1 Å². The molecule has 0 aromatic heterocycles. The molecule has 0 radical (unpaired) electrons. The molecule has 106 valence electrons. The van der Waals surface area contributed by atoms with Crippen molar-refractivity contribution in [2.45, 2.75) is 19.9 Å². The Labute approximate surface area is 125 Å². The lowest BCUT2D eigenvalue weighted by molar-refractivity contribution is -0.125. The van der Waals surface area contributed by atoms with Gasteiger partial charge in [-0.2, -0.15) is 0 Å². The number of nitrogens with zero attached hydrogens (tertiary/aromatic N) is 1. The van der Waals surface area contributed by atoms with Gasteiger partial charge in [0.25, 0.3) is 0 Å². The highest BCUT2D eigenvalue weighted by Crippen LogP contribution is 2.34. The molecule has 1 atom stereocenters. The second kappa shape index (κ2) is 5.09. The Bertz CT molecular complexity index is 588. The molecule has 1 saturated heterocycles. The predicted molar refractivity (Wildman–Crippen MR) is 76.5 cm³/mol. The first-order valence-electron chi connectivity index (χ1n) is 6.58. The quantitative estimate of drug-likeness (QED) is 0.897. The number of imide groups is 1. The van der Waals surface area contributed by atoms with E-state index in [-0.39, 0.29) is 17.9 Å². The number of benzene rings is 1. The normalized spacial score (nSPS) is 21.5. The number of carbonyl (C=O) groups excluding carboxylic acids is 2. The van der Waals surface area contributed by atoms with Crippen LogP contribution in [-0.2, 0) is 17.8 Å². The Hall–Kier alpha value is -1.56. The van der Waals surface area contributed by atoms with E-state index < -0.39 is 0 Å². The summed E-state index contributed by atoms with van der Waals surface area (Å²) in [6.45, 7) is 3.38. The number of rotatable bonds is 2. The zero-order chi connectivity index (χ0) is 14.3. The molecule has 0 bridgehead atoms. The molecular formula is C14H15BrN2O3. The molecule has 2 heterocycles. The summed E-state index contributed by atoms with van der Waals surface area (Å²) < 4.78 is 6.65. The fourth-order valence-corrected chi connectivity index (χ4v) is 3.16. The van der Waals surface area contributed by atoms with Gasteiger partial charge in [-0.1, -0.05) is 22.9 Å². The van der Waals surface area contributed by atoms with Crippen LogP contribution >= 0.6 is 15.9 Å². The third kappa shape index (κ3) is 2.40. The predicted octanol–water partition coefficient (Wildman–Crippen LogP) is 2.07. The standard InChI is InChI=1S/C14H15BrN2O3/c1-8-6-17(14(19)16-13(8)18)7-10-5-11(15)4-9-2-3-20-12(9)10/h4-5,8H,2-3,6-7H2,1H3,(H,16,18,19). The fourth-order valence-electron chi connectivity index (χ4n) is 2.61. The van der Waals surface area contributed by atoms with Gasteiger partial charge in [-0.05, 0) is 17.7 Å². The number of nitrogens with one attached hydrogen (secondary N) is 1. The van der Waals surface area contributed by atoms with Crippen LogP contribution in [0.2, 0.25) is 0 Å². The van der Waals surface area contributed by atoms with Crippen LogP contribution in [0.4, 0.5) is 4.79 Å². The van der Waals surface area contributed by atoms with Gasteiger partial charge >= 0.3 is 6.03 Å². The van der Waals surface area contributed by atoms with Crippen LogP contribution in [0.3, 0.4) is 0 Å². The largest absolute Gasteiger partial charge is 0.493 e. The van der Waals surface area contributed by atoms with Crippen molar-refractivity contribution in [1.29, 1.82) is 0 Å². The molecule has 2 aliphatic rings. The summed E-state index contributed by atoms with van der Waals surface area (Å²) in [5, 5.41) is 2.38. The monoisotopic (exact) mass is 338 g/mol. The maximum Gasteiger partial charge on any atom is 0.324 e. The van der Waals surface area contributed by atoms with Gasteiger partial charge in [-0.15, -0.1) is 0 Å². The van der Waals surface area contributed by atoms with Gasteiger partial charge in [0.05, 0.1) is 19.1 Å². The van der Waals surface area contributed by atoms with Crippen LogP contribution in [0.1, 0.15) is 18.1 Å². The maximum atomic E-state index is 11.9. The van der Waals surface area contributed by atoms with E-state index in [1.54, 1.807) is 4.90 Å². The molecule has 0 saturated carbocycles. The summed E-state index contributed by atoms with van der Waals surface area (Å²) >= 11 is 3.49. The van der Waals surface area contributed by atoms with Crippen LogP contribution < -0.4 is 10.1 Å². The average Bonchev–Trinajstić information content (AvgIpc) is 2.84. The van der Waals surface area contributed by atoms with Crippen LogP contribution in [0.5, 0.6) is 5.75 Å². The van der Waals surface area contributed by atoms with Gasteiger partial charge < -0.3 is 9.64 Å². The Morgan fingerprint density at radius 1 is 1.45 bits per heavy atom. The Morgan fingerprint density at radius 2 is 2.25 bits per heavy atom. The molecule has 1 aromatic rings. The zero-order valence-electron chi connectivity index (χ0n) is 11.1. The first kappa shape index (κ1) is 13.4. The molecule has 5 nitrogen and oxygen atoms in total. The number of amides is 3. The van der Waals surface area contributed by atoms with E-state index in [2.05, 4.69) is 21.2 Å². The van der Waals surface area contributed by atoms with E-state index in [0.29, 0.717) is 19.7 Å². The van der Waals surface area contributed by atoms with Crippen molar-refractivity contribution in [3.8, 4) is 5.75 Å². The third-order valence-corrected chi connectivity index (χ3v) is 4.10. The lowest BCUT2D eigenvalue weighted by Crippen LogP contribution is -2.53. The van der Waals surface area contributed by atoms with Crippen molar-refractivity contribution in [3.05, 3.63) is 27.7 Å². The van der Waals surface area contributed by atoms with Crippen molar-refractivity contribution in [3.63, 3.8) is 0 Å². The summed E-state index contributed by atoms with van der Waals surface area (Å²) in [6, 6.07) is 3.69. The summed E-state index contributed by atoms with van der Waals surface area (Å²) in [5.74, 6) is 0.487. The molecule has 0 aliphatic carbocycles. The fraction of sp³-hybridized carbons (Fsp3) is 0.429. The number of carbonyl (C=O) groups is 2. The van der Waals surface area contributed by atoms with Crippen LogP contribution in [0, 0.1) is 5.92 Å². The van der Waals surface area contributed by atoms with Crippen molar-refractivity contribution in [1.82, 2.24) is 10.2 Å². The molecule has 20 heavy (non-hydrogen) atoms. The highest BCUT2D eigenvalue weighted by atomic mass is 79.9. The molecule has 3 amide bonds. The smallest absolute Gasteiger partial charge is 0.324 e. The van der Waals surface area contributed by atoms with E-state index >= 15 is 0 Å². The van der Waals surface area contributed by atoms with Crippen LogP contribution in [-0.4, -0.2) is 30.0 Å². The van der Waals surface area contributed by atoms with Crippen molar-refractivity contribution >= 4 is 27.9 Å². The van der Waals surface area contributed by atoms with Crippen LogP contribution in [0.15, 0.2) is 16.6 Å². The van der Waals surface area contributed by atoms with Crippen LogP contribution in [0.25, 0.3) is 0 Å². The number of fused-ring (bicyclic) bond motifs is 1. The van der Waals surface area contributed by atoms with E-state index in [9.17, 15) is 9.59 Å². The molecule has 1 unspecified atom stereocenters. The molecule has 1 fully saturated rings. The molecule has 6 heteroatoms. The summed E-state index contributed by atoms with van der Waals surface area (Å²) in [5.41, 5.74) is 2.14. The first-order chi connectivity index (χ1) is 9.54. The van der Waals surface area contributed by atoms with Crippen molar-refractivity contribution < 1.29 is 14.3 Å². The van der Waals surface area contributed by atoms with E-state index in [0.717, 1.165) is 27.8 Å². The van der Waals surface area contributed by atoms with E-state index in [1.807, 2.05) is 19.1 Å². The Morgan fingerprint density at radius 3 is 3.05 bits per heavy atom. The first-order valence-corrected chi connectivity index (χ1v) is 7.38. The number of urea groups is 1. The van der Waals surface area contributed by atoms with Gasteiger partial charge in [-0.25, -0.2) is 4.79 Å². The topological polar surface area (TPSA) is 58.6 Å². The molecule has 1 N–H and O–H groups in total. The Kier molecular flexibility index (Phi) is 3.41. The zero-order valence-corrected chi connectivity index (χ0v) is 12.7. The lowest BCUT2D eigenvalue weighted by Gasteiger charge is -2.30. The highest BCUT2D eigenvalue weighted by Gasteiger charge is 2.30. The number of hydrogen-bond acceptors (Lipinski definition) is 3. The summed E-state index contributed by atoms with van der Waals surface area (Å²) in [4.78, 5) is 25.0. The minimum atomic E-state index is -0.333. The number of hydrogen-bond donors (Lipinski definition) is 1. The van der Waals surface area contributed by atoms with E-state index in [1.165, 1.54) is 0 Å². The van der Waals surface area contributed by atoms with Gasteiger partial charge in [0.2, 0.25) is 5.91 Å². The SMILES string of the molecule is CC1CN(Cc2cc(Br)cc3c2OCC3)C(=O)NC1=O. The maximum absolute atomic E-state index is 11.9. The second-order valence-corrected chi connectivity index (χ2v) is 6.14. The van der Waals surface area contributed by atoms with Gasteiger partial charge in [0.1, 0.15) is 5.75 Å². The summed E-state index contributed by atoms with van der Waals surface area (Å²) in [6.07, 6.45) is 0.892. The number of halogens is 1. The minimum absolute atomic E-state index is 0.186. The highest BCUT2D eigenvalue weighted by molar-refractivity contribution is 9.10. The molecule has 3 rings (SSSR count). The van der Waals surface area contributed by atoms with E-state index in [4.69, 9.17) is 4.74 Å². The number of ether oxygens (including phenoxy) is 1. The second-order valence-electron chi connectivity index (χ2n) is 5.23.